The first-order valence-corrected chi connectivity index (χ1v) is 9.41. The number of hydrogen-bond donors (Lipinski definition) is 2. The molecular formula is C21H32N2O6. The number of carboxylic acid groups (broad SMARTS) is 1. The van der Waals surface area contributed by atoms with Gasteiger partial charge in [-0.05, 0) is 52.7 Å². The lowest BCUT2D eigenvalue weighted by atomic mass is 10.0. The van der Waals surface area contributed by atoms with Crippen molar-refractivity contribution in [2.45, 2.75) is 71.8 Å². The number of rotatable bonds is 6. The number of likely N-dealkylation sites (N-methyl/N-ethyl adjacent to an activating group) is 1. The number of hydrogen-bond acceptors (Lipinski definition) is 5. The zero-order valence-electron chi connectivity index (χ0n) is 18.2. The van der Waals surface area contributed by atoms with Gasteiger partial charge in [-0.25, -0.2) is 14.4 Å². The Kier molecular flexibility index (Phi) is 8.05. The van der Waals surface area contributed by atoms with Gasteiger partial charge in [0, 0.05) is 20.0 Å². The van der Waals surface area contributed by atoms with Crippen LogP contribution in [0, 0.1) is 0 Å². The lowest BCUT2D eigenvalue weighted by molar-refractivity contribution is -0.142. The van der Waals surface area contributed by atoms with Crippen LogP contribution in [0.25, 0.3) is 0 Å². The van der Waals surface area contributed by atoms with Gasteiger partial charge in [-0.3, -0.25) is 4.90 Å². The molecule has 0 heterocycles. The SMILES string of the molecule is CN(C(=O)OC(C)(C)C)[C@H](Cc1cccc(CNC(=O)OC(C)(C)C)c1)C(=O)O. The molecule has 0 aliphatic heterocycles. The van der Waals surface area contributed by atoms with Crippen molar-refractivity contribution in [2.24, 2.45) is 0 Å². The van der Waals surface area contributed by atoms with Crippen LogP contribution in [-0.4, -0.2) is 52.5 Å². The van der Waals surface area contributed by atoms with Crippen LogP contribution in [0.15, 0.2) is 24.3 Å². The minimum absolute atomic E-state index is 0.103. The van der Waals surface area contributed by atoms with Crippen molar-refractivity contribution in [1.82, 2.24) is 10.2 Å². The van der Waals surface area contributed by atoms with Crippen molar-refractivity contribution in [3.8, 4) is 0 Å². The van der Waals surface area contributed by atoms with E-state index in [2.05, 4.69) is 5.32 Å². The normalized spacial score (nSPS) is 12.7. The van der Waals surface area contributed by atoms with Crippen LogP contribution in [0.1, 0.15) is 52.7 Å². The summed E-state index contributed by atoms with van der Waals surface area (Å²) in [7, 11) is 1.40. The molecule has 8 heteroatoms. The lowest BCUT2D eigenvalue weighted by Crippen LogP contribution is -2.46. The molecule has 1 aromatic rings. The summed E-state index contributed by atoms with van der Waals surface area (Å²) >= 11 is 0. The standard InChI is InChI=1S/C21H32N2O6/c1-20(2,3)28-18(26)22-13-15-10-8-9-14(11-15)12-16(17(24)25)23(7)19(27)29-21(4,5)6/h8-11,16H,12-13H2,1-7H3,(H,22,26)(H,24,25)/t16-/m1/s1. The summed E-state index contributed by atoms with van der Waals surface area (Å²) in [5.41, 5.74) is 0.197. The van der Waals surface area contributed by atoms with Crippen molar-refractivity contribution in [3.05, 3.63) is 35.4 Å². The van der Waals surface area contributed by atoms with E-state index in [4.69, 9.17) is 9.47 Å². The van der Waals surface area contributed by atoms with Gasteiger partial charge in [0.25, 0.3) is 0 Å². The third-order valence-electron chi connectivity index (χ3n) is 3.69. The van der Waals surface area contributed by atoms with Gasteiger partial charge in [0.1, 0.15) is 17.2 Å². The monoisotopic (exact) mass is 408 g/mol. The Hall–Kier alpha value is -2.77. The van der Waals surface area contributed by atoms with Crippen molar-refractivity contribution < 1.29 is 29.0 Å². The van der Waals surface area contributed by atoms with Gasteiger partial charge in [0.05, 0.1) is 0 Å². The maximum Gasteiger partial charge on any atom is 0.410 e. The van der Waals surface area contributed by atoms with Crippen molar-refractivity contribution >= 4 is 18.2 Å². The molecule has 0 radical (unpaired) electrons. The summed E-state index contributed by atoms with van der Waals surface area (Å²) in [4.78, 5) is 36.8. The largest absolute Gasteiger partial charge is 0.480 e. The molecule has 29 heavy (non-hydrogen) atoms. The quantitative estimate of drug-likeness (QED) is 0.745. The fourth-order valence-electron chi connectivity index (χ4n) is 2.43. The molecule has 0 aliphatic carbocycles. The fraction of sp³-hybridized carbons (Fsp3) is 0.571. The van der Waals surface area contributed by atoms with Crippen molar-refractivity contribution in [1.29, 1.82) is 0 Å². The average molecular weight is 408 g/mol. The number of nitrogens with zero attached hydrogens (tertiary/aromatic N) is 1. The highest BCUT2D eigenvalue weighted by molar-refractivity contribution is 5.80. The molecular weight excluding hydrogens is 376 g/mol. The summed E-state index contributed by atoms with van der Waals surface area (Å²) < 4.78 is 10.5. The molecule has 2 N–H and O–H groups in total. The number of nitrogens with one attached hydrogen (secondary N) is 1. The number of carboxylic acids is 1. The smallest absolute Gasteiger partial charge is 0.410 e. The first-order valence-electron chi connectivity index (χ1n) is 9.41. The molecule has 0 fully saturated rings. The van der Waals surface area contributed by atoms with Crippen LogP contribution in [0.4, 0.5) is 9.59 Å². The van der Waals surface area contributed by atoms with E-state index in [-0.39, 0.29) is 13.0 Å². The Labute approximate surface area is 172 Å². The first-order chi connectivity index (χ1) is 13.2. The van der Waals surface area contributed by atoms with E-state index >= 15 is 0 Å². The zero-order valence-corrected chi connectivity index (χ0v) is 18.2. The molecule has 8 nitrogen and oxygen atoms in total. The van der Waals surface area contributed by atoms with Gasteiger partial charge < -0.3 is 19.9 Å². The fourth-order valence-corrected chi connectivity index (χ4v) is 2.43. The summed E-state index contributed by atoms with van der Waals surface area (Å²) in [5, 5.41) is 12.2. The Bertz CT molecular complexity index is 733. The molecule has 1 rings (SSSR count). The van der Waals surface area contributed by atoms with Gasteiger partial charge in [-0.2, -0.15) is 0 Å². The molecule has 0 unspecified atom stereocenters. The van der Waals surface area contributed by atoms with Gasteiger partial charge in [0.15, 0.2) is 0 Å². The van der Waals surface area contributed by atoms with E-state index < -0.39 is 35.4 Å². The molecule has 1 aromatic carbocycles. The third-order valence-corrected chi connectivity index (χ3v) is 3.69. The van der Waals surface area contributed by atoms with Gasteiger partial charge >= 0.3 is 18.2 Å². The predicted octanol–water partition coefficient (Wildman–Crippen LogP) is 3.57. The molecule has 0 saturated carbocycles. The maximum atomic E-state index is 12.2. The van der Waals surface area contributed by atoms with Gasteiger partial charge in [-0.1, -0.05) is 24.3 Å². The molecule has 0 bridgehead atoms. The summed E-state index contributed by atoms with van der Waals surface area (Å²) in [6.45, 7) is 10.7. The van der Waals surface area contributed by atoms with Gasteiger partial charge in [0.2, 0.25) is 0 Å². The molecule has 0 saturated heterocycles. The van der Waals surface area contributed by atoms with Crippen LogP contribution in [0.5, 0.6) is 0 Å². The highest BCUT2D eigenvalue weighted by atomic mass is 16.6. The zero-order chi connectivity index (χ0) is 22.4. The Morgan fingerprint density at radius 1 is 1.03 bits per heavy atom. The van der Waals surface area contributed by atoms with Gasteiger partial charge in [-0.15, -0.1) is 0 Å². The third kappa shape index (κ3) is 9.32. The van der Waals surface area contributed by atoms with E-state index in [1.165, 1.54) is 7.05 Å². The van der Waals surface area contributed by atoms with E-state index in [9.17, 15) is 19.5 Å². The highest BCUT2D eigenvalue weighted by Gasteiger charge is 2.30. The van der Waals surface area contributed by atoms with E-state index in [0.29, 0.717) is 0 Å². The molecule has 1 atom stereocenters. The Morgan fingerprint density at radius 2 is 1.59 bits per heavy atom. The van der Waals surface area contributed by atoms with Crippen LogP contribution in [0.3, 0.4) is 0 Å². The first kappa shape index (κ1) is 24.3. The van der Waals surface area contributed by atoms with Crippen molar-refractivity contribution in [2.75, 3.05) is 7.05 Å². The van der Waals surface area contributed by atoms with Crippen LogP contribution >= 0.6 is 0 Å². The molecule has 0 spiro atoms. The average Bonchev–Trinajstić information content (AvgIpc) is 2.54. The van der Waals surface area contributed by atoms with E-state index in [1.54, 1.807) is 59.7 Å². The van der Waals surface area contributed by atoms with E-state index in [0.717, 1.165) is 16.0 Å². The Morgan fingerprint density at radius 3 is 2.10 bits per heavy atom. The lowest BCUT2D eigenvalue weighted by Gasteiger charge is -2.28. The summed E-state index contributed by atoms with van der Waals surface area (Å²) in [6, 6.07) is 6.06. The second-order valence-corrected chi connectivity index (χ2v) is 8.82. The number of carbonyl (C=O) groups excluding carboxylic acids is 2. The minimum atomic E-state index is -1.13. The number of benzene rings is 1. The molecule has 2 amide bonds. The number of aliphatic carboxylic acids is 1. The van der Waals surface area contributed by atoms with Crippen LogP contribution in [0.2, 0.25) is 0 Å². The van der Waals surface area contributed by atoms with E-state index in [1.807, 2.05) is 6.07 Å². The van der Waals surface area contributed by atoms with Crippen LogP contribution < -0.4 is 5.32 Å². The molecule has 162 valence electrons. The molecule has 0 aliphatic rings. The van der Waals surface area contributed by atoms with Crippen molar-refractivity contribution in [3.63, 3.8) is 0 Å². The summed E-state index contributed by atoms with van der Waals surface area (Å²) in [5.74, 6) is -1.13. The topological polar surface area (TPSA) is 105 Å². The predicted molar refractivity (Wildman–Crippen MR) is 109 cm³/mol. The molecule has 0 aromatic heterocycles. The highest BCUT2D eigenvalue weighted by Crippen LogP contribution is 2.15. The second kappa shape index (κ2) is 9.62. The Balaban J connectivity index is 2.82. The maximum absolute atomic E-state index is 12.2. The number of carbonyl (C=O) groups is 3. The number of alkyl carbamates (subject to hydrolysis) is 1. The second-order valence-electron chi connectivity index (χ2n) is 8.82. The van der Waals surface area contributed by atoms with Crippen LogP contribution in [-0.2, 0) is 27.2 Å². The summed E-state index contributed by atoms with van der Waals surface area (Å²) in [6.07, 6.45) is -1.13. The number of amides is 2. The minimum Gasteiger partial charge on any atom is -0.480 e. The number of ether oxygens (including phenoxy) is 2.